The van der Waals surface area contributed by atoms with Crippen LogP contribution in [0.2, 0.25) is 0 Å². The molecule has 2 aromatic carbocycles. The molecule has 0 atom stereocenters. The summed E-state index contributed by atoms with van der Waals surface area (Å²) in [4.78, 5) is 12.6. The predicted molar refractivity (Wildman–Crippen MR) is 86.7 cm³/mol. The van der Waals surface area contributed by atoms with Crippen LogP contribution in [0.25, 0.3) is 0 Å². The Labute approximate surface area is 137 Å². The minimum atomic E-state index is -0.336. The Hall–Kier alpha value is -3.33. The summed E-state index contributed by atoms with van der Waals surface area (Å²) in [7, 11) is 0. The van der Waals surface area contributed by atoms with E-state index in [1.165, 1.54) is 24.3 Å². The molecule has 0 amide bonds. The van der Waals surface area contributed by atoms with Gasteiger partial charge in [0.25, 0.3) is 0 Å². The first kappa shape index (κ1) is 15.6. The molecule has 0 bridgehead atoms. The number of aromatic nitrogens is 3. The summed E-state index contributed by atoms with van der Waals surface area (Å²) in [6.07, 6.45) is 5.77. The second kappa shape index (κ2) is 6.84. The maximum atomic E-state index is 13.0. The summed E-state index contributed by atoms with van der Waals surface area (Å²) in [6.45, 7) is 0. The van der Waals surface area contributed by atoms with Crippen molar-refractivity contribution in [3.05, 3.63) is 77.4 Å². The van der Waals surface area contributed by atoms with E-state index < -0.39 is 0 Å². The van der Waals surface area contributed by atoms with E-state index in [-0.39, 0.29) is 23.4 Å². The van der Waals surface area contributed by atoms with Gasteiger partial charge >= 0.3 is 0 Å². The van der Waals surface area contributed by atoms with Crippen molar-refractivity contribution in [3.63, 3.8) is 0 Å². The number of benzene rings is 2. The van der Waals surface area contributed by atoms with E-state index in [1.54, 1.807) is 24.3 Å². The fourth-order valence-corrected chi connectivity index (χ4v) is 2.07. The van der Waals surface area contributed by atoms with E-state index in [9.17, 15) is 8.78 Å². The molecule has 0 radical (unpaired) electrons. The van der Waals surface area contributed by atoms with Crippen LogP contribution in [-0.2, 0) is 6.42 Å². The largest absolute Gasteiger partial charge is 0.324 e. The SMILES string of the molecule is C#Cc1nc(Cc2ccc(F)cc2)nc(Nc2ccc(F)cc2)n1. The maximum absolute atomic E-state index is 13.0. The molecule has 1 heterocycles. The van der Waals surface area contributed by atoms with Crippen molar-refractivity contribution >= 4 is 11.6 Å². The van der Waals surface area contributed by atoms with Crippen LogP contribution in [0, 0.1) is 24.0 Å². The zero-order valence-corrected chi connectivity index (χ0v) is 12.5. The summed E-state index contributed by atoms with van der Waals surface area (Å²) in [6, 6.07) is 11.8. The lowest BCUT2D eigenvalue weighted by atomic mass is 10.1. The Morgan fingerprint density at radius 1 is 0.875 bits per heavy atom. The lowest BCUT2D eigenvalue weighted by Gasteiger charge is -2.07. The fourth-order valence-electron chi connectivity index (χ4n) is 2.07. The predicted octanol–water partition coefficient (Wildman–Crippen LogP) is 3.47. The summed E-state index contributed by atoms with van der Waals surface area (Å²) >= 11 is 0. The minimum absolute atomic E-state index is 0.187. The van der Waals surface area contributed by atoms with Crippen LogP contribution in [-0.4, -0.2) is 15.0 Å². The van der Waals surface area contributed by atoms with Crippen molar-refractivity contribution < 1.29 is 8.78 Å². The highest BCUT2D eigenvalue weighted by Crippen LogP contribution is 2.15. The summed E-state index contributed by atoms with van der Waals surface area (Å²) in [5.74, 6) is 2.64. The summed E-state index contributed by atoms with van der Waals surface area (Å²) in [5.41, 5.74) is 1.47. The molecule has 0 saturated heterocycles. The van der Waals surface area contributed by atoms with Crippen molar-refractivity contribution in [1.82, 2.24) is 15.0 Å². The Bertz CT molecular complexity index is 819. The molecule has 0 saturated carbocycles. The Morgan fingerprint density at radius 2 is 1.50 bits per heavy atom. The maximum Gasteiger partial charge on any atom is 0.231 e. The Balaban J connectivity index is 1.86. The van der Waals surface area contributed by atoms with Crippen molar-refractivity contribution in [2.75, 3.05) is 5.32 Å². The average Bonchev–Trinajstić information content (AvgIpc) is 2.59. The second-order valence-electron chi connectivity index (χ2n) is 4.98. The van der Waals surface area contributed by atoms with E-state index >= 15 is 0 Å². The highest BCUT2D eigenvalue weighted by atomic mass is 19.1. The third kappa shape index (κ3) is 3.90. The van der Waals surface area contributed by atoms with E-state index in [0.29, 0.717) is 17.9 Å². The summed E-state index contributed by atoms with van der Waals surface area (Å²) in [5, 5.41) is 2.96. The molecule has 4 nitrogen and oxygen atoms in total. The first-order valence-electron chi connectivity index (χ1n) is 7.11. The average molecular weight is 322 g/mol. The molecule has 0 spiro atoms. The first-order chi connectivity index (χ1) is 11.6. The summed E-state index contributed by atoms with van der Waals surface area (Å²) < 4.78 is 25.9. The van der Waals surface area contributed by atoms with E-state index in [2.05, 4.69) is 26.2 Å². The Morgan fingerprint density at radius 3 is 2.12 bits per heavy atom. The van der Waals surface area contributed by atoms with Gasteiger partial charge in [0, 0.05) is 12.1 Å². The number of nitrogens with zero attached hydrogens (tertiary/aromatic N) is 3. The molecular formula is C18H12F2N4. The number of terminal acetylenes is 1. The number of hydrogen-bond acceptors (Lipinski definition) is 4. The van der Waals surface area contributed by atoms with Crippen LogP contribution < -0.4 is 5.32 Å². The molecule has 3 rings (SSSR count). The van der Waals surface area contributed by atoms with Crippen molar-refractivity contribution in [1.29, 1.82) is 0 Å². The van der Waals surface area contributed by atoms with Gasteiger partial charge in [-0.25, -0.2) is 13.8 Å². The van der Waals surface area contributed by atoms with Gasteiger partial charge in [0.15, 0.2) is 0 Å². The van der Waals surface area contributed by atoms with E-state index in [0.717, 1.165) is 5.56 Å². The zero-order chi connectivity index (χ0) is 16.9. The second-order valence-corrected chi connectivity index (χ2v) is 4.98. The highest BCUT2D eigenvalue weighted by molar-refractivity contribution is 5.53. The normalized spacial score (nSPS) is 10.2. The van der Waals surface area contributed by atoms with Gasteiger partial charge in [-0.15, -0.1) is 6.42 Å². The van der Waals surface area contributed by atoms with Crippen LogP contribution in [0.15, 0.2) is 48.5 Å². The zero-order valence-electron chi connectivity index (χ0n) is 12.5. The Kier molecular flexibility index (Phi) is 4.43. The van der Waals surface area contributed by atoms with Gasteiger partial charge < -0.3 is 5.32 Å². The molecule has 6 heteroatoms. The van der Waals surface area contributed by atoms with Gasteiger partial charge in [-0.05, 0) is 47.9 Å². The lowest BCUT2D eigenvalue weighted by Crippen LogP contribution is -2.06. The van der Waals surface area contributed by atoms with Crippen molar-refractivity contribution in [3.8, 4) is 12.3 Å². The first-order valence-corrected chi connectivity index (χ1v) is 7.11. The third-order valence-corrected chi connectivity index (χ3v) is 3.19. The molecule has 24 heavy (non-hydrogen) atoms. The van der Waals surface area contributed by atoms with Crippen LogP contribution in [0.3, 0.4) is 0 Å². The van der Waals surface area contributed by atoms with Crippen molar-refractivity contribution in [2.45, 2.75) is 6.42 Å². The number of anilines is 2. The lowest BCUT2D eigenvalue weighted by molar-refractivity contribution is 0.627. The molecule has 0 aliphatic heterocycles. The number of nitrogens with one attached hydrogen (secondary N) is 1. The molecule has 0 fully saturated rings. The molecule has 0 aliphatic rings. The smallest absolute Gasteiger partial charge is 0.231 e. The van der Waals surface area contributed by atoms with Gasteiger partial charge in [-0.1, -0.05) is 12.1 Å². The highest BCUT2D eigenvalue weighted by Gasteiger charge is 2.07. The molecule has 0 aliphatic carbocycles. The van der Waals surface area contributed by atoms with Crippen LogP contribution in [0.5, 0.6) is 0 Å². The van der Waals surface area contributed by atoms with Crippen molar-refractivity contribution in [2.24, 2.45) is 0 Å². The van der Waals surface area contributed by atoms with Gasteiger partial charge in [0.2, 0.25) is 11.8 Å². The molecule has 0 unspecified atom stereocenters. The van der Waals surface area contributed by atoms with Gasteiger partial charge in [0.05, 0.1) is 0 Å². The third-order valence-electron chi connectivity index (χ3n) is 3.19. The molecular weight excluding hydrogens is 310 g/mol. The van der Waals surface area contributed by atoms with Gasteiger partial charge in [0.1, 0.15) is 17.5 Å². The molecule has 118 valence electrons. The number of halogens is 2. The fraction of sp³-hybridized carbons (Fsp3) is 0.0556. The standard InChI is InChI=1S/C18H12F2N4/c1-2-16-22-17(11-12-3-5-13(19)6-4-12)24-18(23-16)21-15-9-7-14(20)8-10-15/h1,3-10H,11H2,(H,21,22,23,24). The number of rotatable bonds is 4. The monoisotopic (exact) mass is 322 g/mol. The van der Waals surface area contributed by atoms with Crippen LogP contribution in [0.4, 0.5) is 20.4 Å². The van der Waals surface area contributed by atoms with E-state index in [4.69, 9.17) is 6.42 Å². The molecule has 1 N–H and O–H groups in total. The van der Waals surface area contributed by atoms with E-state index in [1.807, 2.05) is 0 Å². The molecule has 3 aromatic rings. The van der Waals surface area contributed by atoms with Crippen LogP contribution in [0.1, 0.15) is 17.2 Å². The number of hydrogen-bond donors (Lipinski definition) is 1. The van der Waals surface area contributed by atoms with Crippen LogP contribution >= 0.6 is 0 Å². The topological polar surface area (TPSA) is 50.7 Å². The molecule has 1 aromatic heterocycles. The van der Waals surface area contributed by atoms with Gasteiger partial charge in [-0.2, -0.15) is 9.97 Å². The minimum Gasteiger partial charge on any atom is -0.324 e. The quantitative estimate of drug-likeness (QED) is 0.747. The van der Waals surface area contributed by atoms with Gasteiger partial charge in [-0.3, -0.25) is 0 Å².